The fourth-order valence-corrected chi connectivity index (χ4v) is 2.51. The van der Waals surface area contributed by atoms with Crippen LogP contribution < -0.4 is 10.5 Å². The van der Waals surface area contributed by atoms with Gasteiger partial charge in [0.1, 0.15) is 5.75 Å². The monoisotopic (exact) mass is 303 g/mol. The van der Waals surface area contributed by atoms with Crippen molar-refractivity contribution in [1.82, 2.24) is 0 Å². The zero-order valence-corrected chi connectivity index (χ0v) is 12.9. The maximum absolute atomic E-state index is 11.8. The third-order valence-electron chi connectivity index (χ3n) is 2.83. The van der Waals surface area contributed by atoms with E-state index in [-0.39, 0.29) is 5.38 Å². The summed E-state index contributed by atoms with van der Waals surface area (Å²) in [5.41, 5.74) is 7.29. The Kier molecular flexibility index (Phi) is 5.95. The first-order valence-electron chi connectivity index (χ1n) is 6.35. The van der Waals surface area contributed by atoms with Crippen LogP contribution >= 0.6 is 23.2 Å². The minimum absolute atomic E-state index is 0.312. The van der Waals surface area contributed by atoms with Crippen LogP contribution in [0.2, 0.25) is 5.02 Å². The van der Waals surface area contributed by atoms with Gasteiger partial charge >= 0.3 is 0 Å². The Labute approximate surface area is 124 Å². The largest absolute Gasteiger partial charge is 0.493 e. The van der Waals surface area contributed by atoms with Crippen LogP contribution in [0.4, 0.5) is 0 Å². The van der Waals surface area contributed by atoms with Crippen LogP contribution in [0.15, 0.2) is 6.07 Å². The van der Waals surface area contributed by atoms with Gasteiger partial charge in [0, 0.05) is 10.6 Å². The second-order valence-electron chi connectivity index (χ2n) is 4.29. The highest BCUT2D eigenvalue weighted by atomic mass is 35.5. The molecule has 1 aromatic rings. The number of carbonyl (C=O) groups is 1. The highest BCUT2D eigenvalue weighted by Gasteiger charge is 2.23. The van der Waals surface area contributed by atoms with Gasteiger partial charge in [-0.1, -0.05) is 24.9 Å². The summed E-state index contributed by atoms with van der Waals surface area (Å²) in [6, 6.07) is 1.77. The van der Waals surface area contributed by atoms with E-state index in [0.29, 0.717) is 34.9 Å². The summed E-state index contributed by atoms with van der Waals surface area (Å²) >= 11 is 12.4. The molecule has 0 spiro atoms. The smallest absolute Gasteiger partial charge is 0.252 e. The Balaban J connectivity index is 3.60. The van der Waals surface area contributed by atoms with Crippen molar-refractivity contribution < 1.29 is 9.53 Å². The standard InChI is InChI=1S/C14H19Cl2NO2/c1-4-6-9-11(16)7-10(8(3)15)13(19-5-2)12(9)14(17)18/h7-8H,4-6H2,1-3H3,(H2,17,18). The summed E-state index contributed by atoms with van der Waals surface area (Å²) in [6.45, 7) is 6.10. The fraction of sp³-hybridized carbons (Fsp3) is 0.500. The van der Waals surface area contributed by atoms with Gasteiger partial charge < -0.3 is 10.5 Å². The molecule has 3 nitrogen and oxygen atoms in total. The van der Waals surface area contributed by atoms with Gasteiger partial charge in [-0.15, -0.1) is 11.6 Å². The summed E-state index contributed by atoms with van der Waals surface area (Å²) in [7, 11) is 0. The van der Waals surface area contributed by atoms with Crippen LogP contribution in [0.1, 0.15) is 54.1 Å². The summed E-state index contributed by atoms with van der Waals surface area (Å²) in [4.78, 5) is 11.8. The first-order valence-corrected chi connectivity index (χ1v) is 7.17. The molecule has 0 bridgehead atoms. The summed E-state index contributed by atoms with van der Waals surface area (Å²) in [5.74, 6) is -0.0710. The molecule has 0 aromatic heterocycles. The van der Waals surface area contributed by atoms with E-state index in [1.54, 1.807) is 13.0 Å². The van der Waals surface area contributed by atoms with Crippen LogP contribution in [0.5, 0.6) is 5.75 Å². The van der Waals surface area contributed by atoms with Gasteiger partial charge in [0.15, 0.2) is 0 Å². The third kappa shape index (κ3) is 3.54. The molecule has 0 radical (unpaired) electrons. The molecule has 1 atom stereocenters. The number of primary amides is 1. The number of nitrogens with two attached hydrogens (primary N) is 1. The molecule has 1 amide bonds. The molecule has 5 heteroatoms. The highest BCUT2D eigenvalue weighted by molar-refractivity contribution is 6.32. The molecule has 0 heterocycles. The predicted octanol–water partition coefficient (Wildman–Crippen LogP) is 4.09. The molecule has 0 aliphatic heterocycles. The van der Waals surface area contributed by atoms with Gasteiger partial charge in [-0.05, 0) is 31.9 Å². The first kappa shape index (κ1) is 16.1. The molecule has 106 valence electrons. The van der Waals surface area contributed by atoms with E-state index < -0.39 is 5.91 Å². The van der Waals surface area contributed by atoms with Crippen molar-refractivity contribution in [2.45, 2.75) is 39.0 Å². The number of rotatable bonds is 6. The van der Waals surface area contributed by atoms with Gasteiger partial charge in [-0.2, -0.15) is 0 Å². The average Bonchev–Trinajstić information content (AvgIpc) is 2.32. The number of ether oxygens (including phenoxy) is 1. The summed E-state index contributed by atoms with van der Waals surface area (Å²) in [5, 5.41) is 0.203. The normalized spacial score (nSPS) is 12.3. The van der Waals surface area contributed by atoms with Gasteiger partial charge in [-0.3, -0.25) is 4.79 Å². The van der Waals surface area contributed by atoms with Crippen LogP contribution in [0, 0.1) is 0 Å². The lowest BCUT2D eigenvalue weighted by molar-refractivity contribution is 0.0995. The van der Waals surface area contributed by atoms with Gasteiger partial charge in [-0.25, -0.2) is 0 Å². The van der Waals surface area contributed by atoms with E-state index in [9.17, 15) is 4.79 Å². The topological polar surface area (TPSA) is 52.3 Å². The number of hydrogen-bond donors (Lipinski definition) is 1. The molecule has 1 aromatic carbocycles. The summed E-state index contributed by atoms with van der Waals surface area (Å²) in [6.07, 6.45) is 1.54. The molecule has 0 fully saturated rings. The maximum Gasteiger partial charge on any atom is 0.252 e. The molecular formula is C14H19Cl2NO2. The minimum Gasteiger partial charge on any atom is -0.493 e. The average molecular weight is 304 g/mol. The molecule has 0 saturated heterocycles. The van der Waals surface area contributed by atoms with Crippen molar-refractivity contribution in [3.8, 4) is 5.75 Å². The van der Waals surface area contributed by atoms with E-state index in [4.69, 9.17) is 33.7 Å². The Morgan fingerprint density at radius 2 is 2.11 bits per heavy atom. The zero-order chi connectivity index (χ0) is 14.6. The predicted molar refractivity (Wildman–Crippen MR) is 79.4 cm³/mol. The highest BCUT2D eigenvalue weighted by Crippen LogP contribution is 2.38. The van der Waals surface area contributed by atoms with Crippen LogP contribution in [-0.4, -0.2) is 12.5 Å². The lowest BCUT2D eigenvalue weighted by atomic mass is 9.96. The number of alkyl halides is 1. The molecule has 0 aliphatic carbocycles. The molecule has 1 rings (SSSR count). The summed E-state index contributed by atoms with van der Waals surface area (Å²) < 4.78 is 5.59. The Morgan fingerprint density at radius 3 is 2.53 bits per heavy atom. The van der Waals surface area contributed by atoms with Crippen LogP contribution in [0.25, 0.3) is 0 Å². The Morgan fingerprint density at radius 1 is 1.47 bits per heavy atom. The van der Waals surface area contributed by atoms with Gasteiger partial charge in [0.05, 0.1) is 17.5 Å². The number of amides is 1. The van der Waals surface area contributed by atoms with E-state index in [0.717, 1.165) is 12.0 Å². The Hall–Kier alpha value is -0.930. The minimum atomic E-state index is -0.534. The van der Waals surface area contributed by atoms with Crippen molar-refractivity contribution in [2.24, 2.45) is 5.73 Å². The second-order valence-corrected chi connectivity index (χ2v) is 5.36. The van der Waals surface area contributed by atoms with Crippen LogP contribution in [-0.2, 0) is 6.42 Å². The first-order chi connectivity index (χ1) is 8.93. The van der Waals surface area contributed by atoms with E-state index in [1.807, 2.05) is 13.8 Å². The van der Waals surface area contributed by atoms with Crippen molar-refractivity contribution >= 4 is 29.1 Å². The van der Waals surface area contributed by atoms with Crippen molar-refractivity contribution in [1.29, 1.82) is 0 Å². The van der Waals surface area contributed by atoms with Crippen molar-refractivity contribution in [3.05, 3.63) is 27.8 Å². The molecule has 19 heavy (non-hydrogen) atoms. The van der Waals surface area contributed by atoms with E-state index in [2.05, 4.69) is 0 Å². The van der Waals surface area contributed by atoms with E-state index >= 15 is 0 Å². The van der Waals surface area contributed by atoms with Gasteiger partial charge in [0.25, 0.3) is 5.91 Å². The second kappa shape index (κ2) is 7.01. The molecule has 2 N–H and O–H groups in total. The van der Waals surface area contributed by atoms with E-state index in [1.165, 1.54) is 0 Å². The van der Waals surface area contributed by atoms with Crippen LogP contribution in [0.3, 0.4) is 0 Å². The molecule has 0 saturated carbocycles. The van der Waals surface area contributed by atoms with Crippen molar-refractivity contribution in [3.63, 3.8) is 0 Å². The number of halogens is 2. The SMILES string of the molecule is CCCc1c(Cl)cc(C(C)Cl)c(OCC)c1C(N)=O. The fourth-order valence-electron chi connectivity index (χ4n) is 2.04. The quantitative estimate of drug-likeness (QED) is 0.805. The van der Waals surface area contributed by atoms with Gasteiger partial charge in [0.2, 0.25) is 0 Å². The van der Waals surface area contributed by atoms with Crippen molar-refractivity contribution in [2.75, 3.05) is 6.61 Å². The molecule has 0 aliphatic rings. The maximum atomic E-state index is 11.8. The third-order valence-corrected chi connectivity index (χ3v) is 3.40. The lowest BCUT2D eigenvalue weighted by Crippen LogP contribution is -2.18. The number of benzene rings is 1. The molecular weight excluding hydrogens is 285 g/mol. The Bertz CT molecular complexity index is 473. The number of hydrogen-bond acceptors (Lipinski definition) is 2. The number of carbonyl (C=O) groups excluding carboxylic acids is 1. The zero-order valence-electron chi connectivity index (χ0n) is 11.4. The molecule has 1 unspecified atom stereocenters. The lowest BCUT2D eigenvalue weighted by Gasteiger charge is -2.19.